The highest BCUT2D eigenvalue weighted by Gasteiger charge is 2.58. The van der Waals surface area contributed by atoms with Crippen molar-refractivity contribution < 1.29 is 14.9 Å². The minimum absolute atomic E-state index is 0.401. The lowest BCUT2D eigenvalue weighted by Gasteiger charge is -2.34. The van der Waals surface area contributed by atoms with Gasteiger partial charge >= 0.3 is 0 Å². The summed E-state index contributed by atoms with van der Waals surface area (Å²) in [6.45, 7) is 1.81. The molecule has 12 atom stereocenters. The van der Waals surface area contributed by atoms with Crippen LogP contribution in [0.3, 0.4) is 0 Å². The zero-order chi connectivity index (χ0) is 17.4. The van der Waals surface area contributed by atoms with Gasteiger partial charge in [-0.05, 0) is 116 Å². The first-order chi connectivity index (χ1) is 12.8. The van der Waals surface area contributed by atoms with Crippen molar-refractivity contribution in [1.29, 1.82) is 0 Å². The number of ether oxygens (including phenoxy) is 1. The predicted molar refractivity (Wildman–Crippen MR) is 99.2 cm³/mol. The highest BCUT2D eigenvalue weighted by atomic mass is 16.5. The average Bonchev–Trinajstić information content (AvgIpc) is 3.46. The summed E-state index contributed by atoms with van der Waals surface area (Å²) in [6.07, 6.45) is 11.3. The van der Waals surface area contributed by atoms with E-state index in [0.29, 0.717) is 31.2 Å². The second-order valence-corrected chi connectivity index (χ2v) is 11.0. The van der Waals surface area contributed by atoms with Crippen molar-refractivity contribution in [3.63, 3.8) is 0 Å². The average molecular weight is 361 g/mol. The Bertz CT molecular complexity index is 548. The Morgan fingerprint density at radius 1 is 0.654 bits per heavy atom. The molecule has 6 aliphatic rings. The molecule has 0 radical (unpaired) electrons. The van der Waals surface area contributed by atoms with E-state index in [4.69, 9.17) is 4.74 Å². The molecule has 26 heavy (non-hydrogen) atoms. The van der Waals surface area contributed by atoms with Gasteiger partial charge in [-0.25, -0.2) is 0 Å². The molecule has 0 amide bonds. The molecule has 0 heterocycles. The van der Waals surface area contributed by atoms with E-state index in [2.05, 4.69) is 0 Å². The number of fused-ring (bicyclic) bond motifs is 10. The van der Waals surface area contributed by atoms with Gasteiger partial charge in [-0.1, -0.05) is 0 Å². The Balaban J connectivity index is 1.06. The fourth-order valence-corrected chi connectivity index (χ4v) is 9.52. The molecule has 3 heteroatoms. The molecule has 0 saturated heterocycles. The first-order valence-electron chi connectivity index (χ1n) is 11.6. The van der Waals surface area contributed by atoms with Gasteiger partial charge in [0.1, 0.15) is 0 Å². The largest absolute Gasteiger partial charge is 0.396 e. The molecule has 0 aromatic rings. The molecular formula is C23H36O3. The lowest BCUT2D eigenvalue weighted by molar-refractivity contribution is -0.0367. The molecule has 0 aromatic heterocycles. The smallest absolute Gasteiger partial charge is 0.0609 e. The Kier molecular flexibility index (Phi) is 4.00. The quantitative estimate of drug-likeness (QED) is 0.791. The van der Waals surface area contributed by atoms with E-state index in [9.17, 15) is 10.2 Å². The molecule has 12 unspecified atom stereocenters. The summed E-state index contributed by atoms with van der Waals surface area (Å²) in [6, 6.07) is 0. The van der Waals surface area contributed by atoms with E-state index in [1.54, 1.807) is 0 Å². The van der Waals surface area contributed by atoms with E-state index in [0.717, 1.165) is 59.9 Å². The first-order valence-corrected chi connectivity index (χ1v) is 11.6. The van der Waals surface area contributed by atoms with Crippen molar-refractivity contribution in [2.24, 2.45) is 65.1 Å². The van der Waals surface area contributed by atoms with E-state index in [1.165, 1.54) is 51.4 Å². The maximum absolute atomic E-state index is 9.76. The Labute approximate surface area is 157 Å². The summed E-state index contributed by atoms with van der Waals surface area (Å²) in [5, 5.41) is 19.4. The van der Waals surface area contributed by atoms with Crippen LogP contribution in [0.1, 0.15) is 51.4 Å². The SMILES string of the molecule is OCC1CC2CC1C1CC(COC3CC4CC3C3C(CO)CCC43)CC21. The summed E-state index contributed by atoms with van der Waals surface area (Å²) in [5.74, 6) is 8.88. The zero-order valence-electron chi connectivity index (χ0n) is 16.0. The summed E-state index contributed by atoms with van der Waals surface area (Å²) in [7, 11) is 0. The van der Waals surface area contributed by atoms with Crippen LogP contribution in [-0.4, -0.2) is 36.1 Å². The maximum Gasteiger partial charge on any atom is 0.0609 e. The molecule has 0 aliphatic heterocycles. The van der Waals surface area contributed by atoms with Crippen LogP contribution < -0.4 is 0 Å². The third-order valence-electron chi connectivity index (χ3n) is 10.3. The maximum atomic E-state index is 9.76. The van der Waals surface area contributed by atoms with Gasteiger partial charge in [0.15, 0.2) is 0 Å². The molecule has 6 rings (SSSR count). The number of hydrogen-bond acceptors (Lipinski definition) is 3. The molecule has 6 fully saturated rings. The second kappa shape index (κ2) is 6.19. The molecular weight excluding hydrogens is 324 g/mol. The van der Waals surface area contributed by atoms with Crippen LogP contribution in [0.4, 0.5) is 0 Å². The normalized spacial score (nSPS) is 59.3. The van der Waals surface area contributed by atoms with Gasteiger partial charge in [0.05, 0.1) is 6.10 Å². The van der Waals surface area contributed by atoms with Gasteiger partial charge in [0, 0.05) is 19.8 Å². The fourth-order valence-electron chi connectivity index (χ4n) is 9.52. The first kappa shape index (κ1) is 16.8. The number of hydrogen-bond donors (Lipinski definition) is 2. The van der Waals surface area contributed by atoms with Gasteiger partial charge in [-0.2, -0.15) is 0 Å². The van der Waals surface area contributed by atoms with E-state index in [1.807, 2.05) is 0 Å². The summed E-state index contributed by atoms with van der Waals surface area (Å²) < 4.78 is 6.60. The minimum Gasteiger partial charge on any atom is -0.396 e. The lowest BCUT2D eigenvalue weighted by atomic mass is 9.76. The van der Waals surface area contributed by atoms with Crippen molar-refractivity contribution in [1.82, 2.24) is 0 Å². The Morgan fingerprint density at radius 2 is 1.42 bits per heavy atom. The van der Waals surface area contributed by atoms with Crippen LogP contribution in [0.25, 0.3) is 0 Å². The topological polar surface area (TPSA) is 49.7 Å². The minimum atomic E-state index is 0.401. The standard InChI is InChI=1S/C23H36O3/c24-9-13-1-2-17-15-7-21(23(13)17)22(8-15)26-11-12-3-18-14-5-16(10-25)19(6-14)20(18)4-12/h12-25H,1-11H2. The summed E-state index contributed by atoms with van der Waals surface area (Å²) >= 11 is 0. The van der Waals surface area contributed by atoms with Gasteiger partial charge in [-0.15, -0.1) is 0 Å². The Hall–Kier alpha value is -0.120. The van der Waals surface area contributed by atoms with Crippen LogP contribution in [-0.2, 0) is 4.74 Å². The third kappa shape index (κ3) is 2.29. The monoisotopic (exact) mass is 360 g/mol. The molecule has 0 aromatic carbocycles. The number of aliphatic hydroxyl groups excluding tert-OH is 2. The predicted octanol–water partition coefficient (Wildman–Crippen LogP) is 3.34. The van der Waals surface area contributed by atoms with Gasteiger partial charge in [0.25, 0.3) is 0 Å². The molecule has 0 spiro atoms. The molecule has 146 valence electrons. The molecule has 6 aliphatic carbocycles. The molecule has 3 nitrogen and oxygen atoms in total. The van der Waals surface area contributed by atoms with Crippen molar-refractivity contribution in [2.45, 2.75) is 57.5 Å². The summed E-state index contributed by atoms with van der Waals surface area (Å²) in [4.78, 5) is 0. The number of aliphatic hydroxyl groups is 2. The van der Waals surface area contributed by atoms with Gasteiger partial charge in [-0.3, -0.25) is 0 Å². The van der Waals surface area contributed by atoms with Crippen molar-refractivity contribution >= 4 is 0 Å². The number of rotatable bonds is 5. The van der Waals surface area contributed by atoms with E-state index in [-0.39, 0.29) is 0 Å². The van der Waals surface area contributed by atoms with E-state index < -0.39 is 0 Å². The van der Waals surface area contributed by atoms with Crippen molar-refractivity contribution in [3.05, 3.63) is 0 Å². The van der Waals surface area contributed by atoms with Crippen molar-refractivity contribution in [2.75, 3.05) is 19.8 Å². The van der Waals surface area contributed by atoms with Crippen LogP contribution in [0.15, 0.2) is 0 Å². The van der Waals surface area contributed by atoms with Crippen molar-refractivity contribution in [3.8, 4) is 0 Å². The van der Waals surface area contributed by atoms with Crippen LogP contribution >= 0.6 is 0 Å². The second-order valence-electron chi connectivity index (χ2n) is 11.0. The Morgan fingerprint density at radius 3 is 2.27 bits per heavy atom. The van der Waals surface area contributed by atoms with Gasteiger partial charge in [0.2, 0.25) is 0 Å². The van der Waals surface area contributed by atoms with Gasteiger partial charge < -0.3 is 14.9 Å². The summed E-state index contributed by atoms with van der Waals surface area (Å²) in [5.41, 5.74) is 0. The zero-order valence-corrected chi connectivity index (χ0v) is 16.0. The highest BCUT2D eigenvalue weighted by Crippen LogP contribution is 2.63. The molecule has 4 bridgehead atoms. The van der Waals surface area contributed by atoms with Crippen LogP contribution in [0.5, 0.6) is 0 Å². The van der Waals surface area contributed by atoms with Crippen LogP contribution in [0, 0.1) is 65.1 Å². The highest BCUT2D eigenvalue weighted by molar-refractivity contribution is 5.07. The van der Waals surface area contributed by atoms with Crippen LogP contribution in [0.2, 0.25) is 0 Å². The third-order valence-corrected chi connectivity index (χ3v) is 10.3. The lowest BCUT2D eigenvalue weighted by Crippen LogP contribution is -2.35. The molecule has 2 N–H and O–H groups in total. The molecule has 6 saturated carbocycles. The van der Waals surface area contributed by atoms with E-state index >= 15 is 0 Å². The fraction of sp³-hybridized carbons (Fsp3) is 1.00.